The molecule has 2 rings (SSSR count). The topological polar surface area (TPSA) is 90.9 Å². The lowest BCUT2D eigenvalue weighted by Gasteiger charge is -2.07. The van der Waals surface area contributed by atoms with Gasteiger partial charge in [-0.05, 0) is 31.2 Å². The van der Waals surface area contributed by atoms with Gasteiger partial charge in [0, 0.05) is 5.56 Å². The number of nitriles is 1. The summed E-state index contributed by atoms with van der Waals surface area (Å²) in [4.78, 5) is 10.7. The van der Waals surface area contributed by atoms with Gasteiger partial charge in [0.2, 0.25) is 0 Å². The number of amides is 1. The summed E-state index contributed by atoms with van der Waals surface area (Å²) in [5.41, 5.74) is 1.95. The van der Waals surface area contributed by atoms with Crippen molar-refractivity contribution in [3.63, 3.8) is 0 Å². The molecular formula is C12H10N4O2. The summed E-state index contributed by atoms with van der Waals surface area (Å²) in [5.74, 6) is 0.396. The number of hydrogen-bond donors (Lipinski definition) is 2. The van der Waals surface area contributed by atoms with Crippen LogP contribution in [0.3, 0.4) is 0 Å². The molecule has 0 saturated heterocycles. The van der Waals surface area contributed by atoms with Crippen molar-refractivity contribution in [2.75, 3.05) is 5.32 Å². The van der Waals surface area contributed by atoms with Crippen molar-refractivity contribution in [2.24, 2.45) is 0 Å². The normalized spacial score (nSPS) is 9.78. The van der Waals surface area contributed by atoms with Crippen molar-refractivity contribution in [3.05, 3.63) is 41.6 Å². The van der Waals surface area contributed by atoms with Gasteiger partial charge < -0.3 is 5.11 Å². The molecular weight excluding hydrogens is 232 g/mol. The lowest BCUT2D eigenvalue weighted by atomic mass is 10.2. The Labute approximate surface area is 103 Å². The molecule has 1 heterocycles. The average molecular weight is 242 g/mol. The molecule has 90 valence electrons. The van der Waals surface area contributed by atoms with Crippen LogP contribution in [0.4, 0.5) is 10.6 Å². The molecule has 0 unspecified atom stereocenters. The number of anilines is 1. The summed E-state index contributed by atoms with van der Waals surface area (Å²) < 4.78 is 1.48. The summed E-state index contributed by atoms with van der Waals surface area (Å²) >= 11 is 0. The Kier molecular flexibility index (Phi) is 2.98. The largest absolute Gasteiger partial charge is 0.465 e. The van der Waals surface area contributed by atoms with Gasteiger partial charge in [0.05, 0.1) is 23.5 Å². The Morgan fingerprint density at radius 1 is 1.44 bits per heavy atom. The number of carboxylic acid groups (broad SMARTS) is 1. The summed E-state index contributed by atoms with van der Waals surface area (Å²) in [5, 5.41) is 23.9. The molecule has 6 heteroatoms. The zero-order valence-electron chi connectivity index (χ0n) is 9.58. The van der Waals surface area contributed by atoms with Crippen LogP contribution in [0.25, 0.3) is 5.69 Å². The summed E-state index contributed by atoms with van der Waals surface area (Å²) in [6.45, 7) is 1.76. The Morgan fingerprint density at radius 2 is 2.11 bits per heavy atom. The molecule has 2 aromatic rings. The minimum absolute atomic E-state index is 0.396. The first-order valence-electron chi connectivity index (χ1n) is 5.17. The molecule has 18 heavy (non-hydrogen) atoms. The number of nitrogens with one attached hydrogen (secondary N) is 1. The molecule has 1 aromatic carbocycles. The molecule has 0 aliphatic carbocycles. The molecule has 0 fully saturated rings. The summed E-state index contributed by atoms with van der Waals surface area (Å²) in [6, 6.07) is 8.73. The predicted octanol–water partition coefficient (Wildman–Crippen LogP) is 2.14. The highest BCUT2D eigenvalue weighted by atomic mass is 16.4. The zero-order chi connectivity index (χ0) is 13.1. The molecule has 0 bridgehead atoms. The van der Waals surface area contributed by atoms with E-state index >= 15 is 0 Å². The van der Waals surface area contributed by atoms with E-state index in [1.54, 1.807) is 37.4 Å². The van der Waals surface area contributed by atoms with Crippen molar-refractivity contribution in [3.8, 4) is 11.8 Å². The molecule has 1 aromatic heterocycles. The second kappa shape index (κ2) is 4.59. The molecule has 0 aliphatic rings. The van der Waals surface area contributed by atoms with Crippen LogP contribution in [0.2, 0.25) is 0 Å². The Bertz CT molecular complexity index is 623. The maximum Gasteiger partial charge on any atom is 0.410 e. The monoisotopic (exact) mass is 242 g/mol. The van der Waals surface area contributed by atoms with E-state index in [1.807, 2.05) is 6.07 Å². The molecule has 6 nitrogen and oxygen atoms in total. The standard InChI is InChI=1S/C12H10N4O2/c1-8-7-14-16(11(8)15-12(17)18)10-4-2-9(6-13)3-5-10/h2-5,7,15H,1H3,(H,17,18). The molecule has 1 amide bonds. The number of aromatic nitrogens is 2. The van der Waals surface area contributed by atoms with Crippen LogP contribution in [0, 0.1) is 18.3 Å². The van der Waals surface area contributed by atoms with Crippen LogP contribution in [-0.2, 0) is 0 Å². The zero-order valence-corrected chi connectivity index (χ0v) is 9.58. The fourth-order valence-electron chi connectivity index (χ4n) is 1.56. The Morgan fingerprint density at radius 3 is 2.67 bits per heavy atom. The number of nitrogens with zero attached hydrogens (tertiary/aromatic N) is 3. The maximum absolute atomic E-state index is 10.7. The maximum atomic E-state index is 10.7. The van der Waals surface area contributed by atoms with Gasteiger partial charge in [0.15, 0.2) is 0 Å². The van der Waals surface area contributed by atoms with Crippen molar-refractivity contribution >= 4 is 11.9 Å². The SMILES string of the molecule is Cc1cnn(-c2ccc(C#N)cc2)c1NC(=O)O. The molecule has 0 saturated carbocycles. The van der Waals surface area contributed by atoms with E-state index < -0.39 is 6.09 Å². The van der Waals surface area contributed by atoms with Crippen molar-refractivity contribution in [1.29, 1.82) is 5.26 Å². The van der Waals surface area contributed by atoms with Crippen molar-refractivity contribution in [1.82, 2.24) is 9.78 Å². The van der Waals surface area contributed by atoms with E-state index in [1.165, 1.54) is 4.68 Å². The number of rotatable bonds is 2. The van der Waals surface area contributed by atoms with Gasteiger partial charge in [0.1, 0.15) is 5.82 Å². The van der Waals surface area contributed by atoms with E-state index in [-0.39, 0.29) is 0 Å². The smallest absolute Gasteiger partial charge is 0.410 e. The minimum Gasteiger partial charge on any atom is -0.465 e. The highest BCUT2D eigenvalue weighted by Crippen LogP contribution is 2.19. The fourth-order valence-corrected chi connectivity index (χ4v) is 1.56. The number of carbonyl (C=O) groups is 1. The predicted molar refractivity (Wildman–Crippen MR) is 64.7 cm³/mol. The number of aryl methyl sites for hydroxylation is 1. The van der Waals surface area contributed by atoms with E-state index in [2.05, 4.69) is 10.4 Å². The second-order valence-corrected chi connectivity index (χ2v) is 3.68. The third kappa shape index (κ3) is 2.15. The first kappa shape index (κ1) is 11.7. The van der Waals surface area contributed by atoms with Gasteiger partial charge >= 0.3 is 6.09 Å². The average Bonchev–Trinajstić information content (AvgIpc) is 2.71. The van der Waals surface area contributed by atoms with Gasteiger partial charge in [-0.1, -0.05) is 0 Å². The lowest BCUT2D eigenvalue weighted by Crippen LogP contribution is -2.12. The molecule has 2 N–H and O–H groups in total. The Hall–Kier alpha value is -2.81. The van der Waals surface area contributed by atoms with Gasteiger partial charge in [-0.3, -0.25) is 5.32 Å². The van der Waals surface area contributed by atoms with Crippen LogP contribution in [0.15, 0.2) is 30.5 Å². The van der Waals surface area contributed by atoms with Crippen LogP contribution in [-0.4, -0.2) is 21.0 Å². The summed E-state index contributed by atoms with van der Waals surface area (Å²) in [6.07, 6.45) is 0.428. The minimum atomic E-state index is -1.14. The van der Waals surface area contributed by atoms with E-state index in [0.29, 0.717) is 17.1 Å². The first-order valence-corrected chi connectivity index (χ1v) is 5.17. The van der Waals surface area contributed by atoms with Gasteiger partial charge in [-0.25, -0.2) is 9.48 Å². The van der Waals surface area contributed by atoms with Gasteiger partial charge in [0.25, 0.3) is 0 Å². The second-order valence-electron chi connectivity index (χ2n) is 3.68. The van der Waals surface area contributed by atoms with Crippen LogP contribution < -0.4 is 5.32 Å². The third-order valence-electron chi connectivity index (χ3n) is 2.42. The van der Waals surface area contributed by atoms with Crippen molar-refractivity contribution in [2.45, 2.75) is 6.92 Å². The van der Waals surface area contributed by atoms with Crippen LogP contribution in [0.5, 0.6) is 0 Å². The van der Waals surface area contributed by atoms with Crippen LogP contribution in [0.1, 0.15) is 11.1 Å². The molecule has 0 radical (unpaired) electrons. The number of hydrogen-bond acceptors (Lipinski definition) is 3. The Balaban J connectivity index is 2.44. The number of benzene rings is 1. The first-order chi connectivity index (χ1) is 8.61. The van der Waals surface area contributed by atoms with E-state index in [0.717, 1.165) is 5.56 Å². The molecule has 0 aliphatic heterocycles. The van der Waals surface area contributed by atoms with Crippen LogP contribution >= 0.6 is 0 Å². The van der Waals surface area contributed by atoms with Gasteiger partial charge in [-0.2, -0.15) is 10.4 Å². The van der Waals surface area contributed by atoms with Gasteiger partial charge in [-0.15, -0.1) is 0 Å². The van der Waals surface area contributed by atoms with E-state index in [9.17, 15) is 4.79 Å². The van der Waals surface area contributed by atoms with E-state index in [4.69, 9.17) is 10.4 Å². The molecule has 0 spiro atoms. The highest BCUT2D eigenvalue weighted by molar-refractivity contribution is 5.83. The lowest BCUT2D eigenvalue weighted by molar-refractivity contribution is 0.209. The fraction of sp³-hybridized carbons (Fsp3) is 0.0833. The summed E-state index contributed by atoms with van der Waals surface area (Å²) in [7, 11) is 0. The quantitative estimate of drug-likeness (QED) is 0.844. The van der Waals surface area contributed by atoms with Crippen molar-refractivity contribution < 1.29 is 9.90 Å². The third-order valence-corrected chi connectivity index (χ3v) is 2.42. The molecule has 0 atom stereocenters. The highest BCUT2D eigenvalue weighted by Gasteiger charge is 2.11.